The van der Waals surface area contributed by atoms with E-state index >= 15 is 0 Å². The summed E-state index contributed by atoms with van der Waals surface area (Å²) in [6, 6.07) is 5.80. The molecule has 3 saturated heterocycles. The SMILES string of the molecule is COc1cc(-c2cnn(C3CN([C@H]4CC5CCC4N5C#N)C3)c2C)cn2ncc(C#N)c12. The highest BCUT2D eigenvalue weighted by molar-refractivity contribution is 5.75. The lowest BCUT2D eigenvalue weighted by Crippen LogP contribution is -2.56. The molecule has 0 spiro atoms. The molecule has 0 saturated carbocycles. The van der Waals surface area contributed by atoms with Crippen LogP contribution in [0.5, 0.6) is 5.75 Å². The number of likely N-dealkylation sites (tertiary alicyclic amines) is 1. The van der Waals surface area contributed by atoms with Gasteiger partial charge in [-0.3, -0.25) is 9.58 Å². The fourth-order valence-corrected chi connectivity index (χ4v) is 5.96. The molecule has 3 aromatic rings. The van der Waals surface area contributed by atoms with Crippen molar-refractivity contribution in [3.63, 3.8) is 0 Å². The maximum Gasteiger partial charge on any atom is 0.179 e. The molecule has 9 nitrogen and oxygen atoms in total. The van der Waals surface area contributed by atoms with E-state index in [4.69, 9.17) is 9.84 Å². The molecular formula is C23H24N8O. The Kier molecular flexibility index (Phi) is 4.17. The van der Waals surface area contributed by atoms with Gasteiger partial charge in [-0.1, -0.05) is 0 Å². The molecule has 2 unspecified atom stereocenters. The molecule has 6 heterocycles. The highest BCUT2D eigenvalue weighted by Gasteiger charge is 2.50. The number of rotatable bonds is 4. The van der Waals surface area contributed by atoms with Gasteiger partial charge in [-0.15, -0.1) is 0 Å². The Morgan fingerprint density at radius 2 is 1.94 bits per heavy atom. The molecular weight excluding hydrogens is 404 g/mol. The van der Waals surface area contributed by atoms with Gasteiger partial charge in [0.1, 0.15) is 22.9 Å². The Morgan fingerprint density at radius 1 is 1.09 bits per heavy atom. The lowest BCUT2D eigenvalue weighted by molar-refractivity contribution is 0.0368. The Labute approximate surface area is 186 Å². The summed E-state index contributed by atoms with van der Waals surface area (Å²) < 4.78 is 9.38. The van der Waals surface area contributed by atoms with Crippen molar-refractivity contribution in [2.45, 2.75) is 50.4 Å². The van der Waals surface area contributed by atoms with Crippen LogP contribution in [0.2, 0.25) is 0 Å². The molecule has 32 heavy (non-hydrogen) atoms. The number of ether oxygens (including phenoxy) is 1. The molecule has 3 aliphatic heterocycles. The van der Waals surface area contributed by atoms with Gasteiger partial charge in [0.2, 0.25) is 0 Å². The quantitative estimate of drug-likeness (QED) is 0.588. The van der Waals surface area contributed by atoms with Crippen molar-refractivity contribution in [3.05, 3.63) is 35.9 Å². The number of hydrogen-bond acceptors (Lipinski definition) is 7. The van der Waals surface area contributed by atoms with Crippen molar-refractivity contribution in [1.82, 2.24) is 29.2 Å². The maximum atomic E-state index is 9.45. The van der Waals surface area contributed by atoms with Crippen molar-refractivity contribution < 1.29 is 4.74 Å². The van der Waals surface area contributed by atoms with Crippen molar-refractivity contribution in [2.24, 2.45) is 0 Å². The van der Waals surface area contributed by atoms with Crippen LogP contribution in [0, 0.1) is 29.7 Å². The monoisotopic (exact) mass is 428 g/mol. The predicted molar refractivity (Wildman–Crippen MR) is 116 cm³/mol. The number of fused-ring (bicyclic) bond motifs is 3. The minimum absolute atomic E-state index is 0.346. The van der Waals surface area contributed by atoms with Crippen LogP contribution in [0.4, 0.5) is 0 Å². The van der Waals surface area contributed by atoms with Crippen molar-refractivity contribution in [2.75, 3.05) is 20.2 Å². The lowest BCUT2D eigenvalue weighted by atomic mass is 9.91. The number of pyridine rings is 1. The smallest absolute Gasteiger partial charge is 0.179 e. The van der Waals surface area contributed by atoms with Gasteiger partial charge in [0, 0.05) is 48.2 Å². The van der Waals surface area contributed by atoms with Gasteiger partial charge in [0.25, 0.3) is 0 Å². The second-order valence-corrected chi connectivity index (χ2v) is 9.07. The highest BCUT2D eigenvalue weighted by Crippen LogP contribution is 2.42. The first kappa shape index (κ1) is 19.1. The van der Waals surface area contributed by atoms with Gasteiger partial charge < -0.3 is 9.64 Å². The van der Waals surface area contributed by atoms with E-state index in [-0.39, 0.29) is 0 Å². The van der Waals surface area contributed by atoms with E-state index in [0.29, 0.717) is 41.0 Å². The molecule has 0 amide bonds. The molecule has 0 aromatic carbocycles. The van der Waals surface area contributed by atoms with E-state index in [0.717, 1.165) is 49.2 Å². The van der Waals surface area contributed by atoms with E-state index in [1.54, 1.807) is 17.8 Å². The summed E-state index contributed by atoms with van der Waals surface area (Å²) in [5, 5.41) is 27.8. The molecule has 0 N–H and O–H groups in total. The second kappa shape index (κ2) is 6.98. The number of nitrogens with zero attached hydrogens (tertiary/aromatic N) is 8. The molecule has 9 heteroatoms. The summed E-state index contributed by atoms with van der Waals surface area (Å²) in [6.45, 7) is 4.05. The average molecular weight is 429 g/mol. The summed E-state index contributed by atoms with van der Waals surface area (Å²) >= 11 is 0. The van der Waals surface area contributed by atoms with Crippen molar-refractivity contribution in [1.29, 1.82) is 10.5 Å². The molecule has 6 rings (SSSR count). The Bertz CT molecular complexity index is 1290. The zero-order valence-electron chi connectivity index (χ0n) is 18.1. The maximum absolute atomic E-state index is 9.45. The van der Waals surface area contributed by atoms with Gasteiger partial charge in [-0.05, 0) is 32.3 Å². The first-order valence-electron chi connectivity index (χ1n) is 11.0. The lowest BCUT2D eigenvalue weighted by Gasteiger charge is -2.45. The van der Waals surface area contributed by atoms with E-state index < -0.39 is 0 Å². The zero-order valence-corrected chi connectivity index (χ0v) is 18.1. The van der Waals surface area contributed by atoms with Gasteiger partial charge in [0.05, 0.1) is 31.6 Å². The number of methoxy groups -OCH3 is 1. The van der Waals surface area contributed by atoms with E-state index in [2.05, 4.69) is 33.9 Å². The summed E-state index contributed by atoms with van der Waals surface area (Å²) in [6.07, 6.45) is 11.2. The van der Waals surface area contributed by atoms with E-state index in [1.807, 2.05) is 23.4 Å². The summed E-state index contributed by atoms with van der Waals surface area (Å²) in [7, 11) is 1.61. The van der Waals surface area contributed by atoms with Gasteiger partial charge in [0.15, 0.2) is 6.19 Å². The highest BCUT2D eigenvalue weighted by atomic mass is 16.5. The Balaban J connectivity index is 1.24. The number of nitriles is 2. The minimum Gasteiger partial charge on any atom is -0.494 e. The largest absolute Gasteiger partial charge is 0.494 e. The zero-order chi connectivity index (χ0) is 22.0. The molecule has 2 bridgehead atoms. The molecule has 162 valence electrons. The molecule has 3 atom stereocenters. The van der Waals surface area contributed by atoms with Crippen LogP contribution in [-0.2, 0) is 0 Å². The van der Waals surface area contributed by atoms with Crippen LogP contribution < -0.4 is 4.74 Å². The number of hydrogen-bond donors (Lipinski definition) is 0. The van der Waals surface area contributed by atoms with Crippen LogP contribution in [0.3, 0.4) is 0 Å². The topological polar surface area (TPSA) is 98.4 Å². The Morgan fingerprint density at radius 3 is 2.66 bits per heavy atom. The molecule has 3 aromatic heterocycles. The van der Waals surface area contributed by atoms with Crippen LogP contribution >= 0.6 is 0 Å². The fraction of sp³-hybridized carbons (Fsp3) is 0.478. The third kappa shape index (κ3) is 2.58. The van der Waals surface area contributed by atoms with Gasteiger partial charge in [-0.2, -0.15) is 20.7 Å². The van der Waals surface area contributed by atoms with E-state index in [1.165, 1.54) is 0 Å². The van der Waals surface area contributed by atoms with Crippen LogP contribution in [0.15, 0.2) is 24.7 Å². The Hall–Kier alpha value is -3.56. The fourth-order valence-electron chi connectivity index (χ4n) is 5.96. The first-order chi connectivity index (χ1) is 15.6. The van der Waals surface area contributed by atoms with Crippen LogP contribution in [0.25, 0.3) is 16.6 Å². The molecule has 3 fully saturated rings. The summed E-state index contributed by atoms with van der Waals surface area (Å²) in [5.41, 5.74) is 4.27. The van der Waals surface area contributed by atoms with Crippen LogP contribution in [-0.4, -0.2) is 67.5 Å². The number of aromatic nitrogens is 4. The second-order valence-electron chi connectivity index (χ2n) is 9.07. The molecule has 0 aliphatic carbocycles. The summed E-state index contributed by atoms with van der Waals surface area (Å²) in [4.78, 5) is 4.56. The standard InChI is InChI=1S/C23H24N8O/c1-14-19(15-5-22(32-2)23-16(7-24)8-26-30(23)10-15)9-27-31(14)18-11-28(12-18)21-6-17-3-4-20(21)29(17)13-25/h5,8-10,17-18,20-21H,3-4,6,11-12H2,1-2H3/t17?,20?,21-/m0/s1. The first-order valence-corrected chi connectivity index (χ1v) is 11.0. The average Bonchev–Trinajstić information content (AvgIpc) is 3.54. The third-order valence-electron chi connectivity index (χ3n) is 7.60. The predicted octanol–water partition coefficient (Wildman–Crippen LogP) is 2.33. The summed E-state index contributed by atoms with van der Waals surface area (Å²) in [5.74, 6) is 0.622. The molecule has 0 radical (unpaired) electrons. The van der Waals surface area contributed by atoms with Crippen molar-refractivity contribution >= 4 is 5.52 Å². The minimum atomic E-state index is 0.346. The van der Waals surface area contributed by atoms with Gasteiger partial charge in [-0.25, -0.2) is 4.52 Å². The van der Waals surface area contributed by atoms with Crippen molar-refractivity contribution in [3.8, 4) is 29.1 Å². The normalized spacial score (nSPS) is 25.1. The van der Waals surface area contributed by atoms with Crippen LogP contribution in [0.1, 0.15) is 36.6 Å². The molecule has 3 aliphatic rings. The van der Waals surface area contributed by atoms with Gasteiger partial charge >= 0.3 is 0 Å². The van der Waals surface area contributed by atoms with E-state index in [9.17, 15) is 10.5 Å². The third-order valence-corrected chi connectivity index (χ3v) is 7.60.